The van der Waals surface area contributed by atoms with Gasteiger partial charge in [0.25, 0.3) is 0 Å². The second-order valence-corrected chi connectivity index (χ2v) is 5.36. The van der Waals surface area contributed by atoms with Crippen LogP contribution in [0.25, 0.3) is 0 Å². The zero-order chi connectivity index (χ0) is 15.2. The van der Waals surface area contributed by atoms with Gasteiger partial charge in [-0.3, -0.25) is 4.79 Å². The summed E-state index contributed by atoms with van der Waals surface area (Å²) in [6.07, 6.45) is 1.31. The first-order chi connectivity index (χ1) is 9.31. The molecule has 0 bridgehead atoms. The van der Waals surface area contributed by atoms with Crippen LogP contribution in [0.5, 0.6) is 5.75 Å². The molecule has 6 nitrogen and oxygen atoms in total. The van der Waals surface area contributed by atoms with Crippen molar-refractivity contribution in [1.29, 1.82) is 0 Å². The number of aryl methyl sites for hydroxylation is 1. The number of nitrogens with one attached hydrogen (secondary N) is 1. The average Bonchev–Trinajstić information content (AvgIpc) is 2.34. The minimum absolute atomic E-state index is 0.0302. The van der Waals surface area contributed by atoms with E-state index in [9.17, 15) is 14.7 Å². The largest absolute Gasteiger partial charge is 0.506 e. The van der Waals surface area contributed by atoms with E-state index >= 15 is 0 Å². The number of aromatic hydroxyl groups is 1. The molecule has 2 N–H and O–H groups in total. The van der Waals surface area contributed by atoms with Gasteiger partial charge in [-0.1, -0.05) is 0 Å². The molecule has 1 amide bonds. The van der Waals surface area contributed by atoms with E-state index in [-0.39, 0.29) is 11.4 Å². The fourth-order valence-electron chi connectivity index (χ4n) is 1.51. The summed E-state index contributed by atoms with van der Waals surface area (Å²) < 4.78 is 5.10. The van der Waals surface area contributed by atoms with E-state index in [4.69, 9.17) is 4.74 Å². The Hall–Kier alpha value is -2.11. The highest BCUT2D eigenvalue weighted by Gasteiger charge is 2.15. The Labute approximate surface area is 118 Å². The lowest BCUT2D eigenvalue weighted by Crippen LogP contribution is -2.33. The van der Waals surface area contributed by atoms with Gasteiger partial charge in [0.15, 0.2) is 6.29 Å². The van der Waals surface area contributed by atoms with E-state index in [0.717, 1.165) is 0 Å². The number of aromatic nitrogens is 1. The van der Waals surface area contributed by atoms with E-state index in [1.54, 1.807) is 26.8 Å². The maximum absolute atomic E-state index is 11.4. The van der Waals surface area contributed by atoms with Crippen molar-refractivity contribution in [3.63, 3.8) is 0 Å². The lowest BCUT2D eigenvalue weighted by molar-refractivity contribution is 0.0527. The molecule has 0 radical (unpaired) electrons. The van der Waals surface area contributed by atoms with Crippen molar-refractivity contribution < 1.29 is 19.4 Å². The first-order valence-electron chi connectivity index (χ1n) is 6.43. The van der Waals surface area contributed by atoms with Crippen LogP contribution in [0.2, 0.25) is 0 Å². The number of hydrogen-bond acceptors (Lipinski definition) is 5. The van der Waals surface area contributed by atoms with Crippen molar-refractivity contribution in [1.82, 2.24) is 10.3 Å². The number of carbonyl (C=O) groups excluding carboxylic acids is 2. The van der Waals surface area contributed by atoms with Crippen molar-refractivity contribution >= 4 is 12.4 Å². The van der Waals surface area contributed by atoms with Gasteiger partial charge >= 0.3 is 6.09 Å². The zero-order valence-electron chi connectivity index (χ0n) is 12.0. The third-order valence-electron chi connectivity index (χ3n) is 2.35. The van der Waals surface area contributed by atoms with Gasteiger partial charge in [-0.05, 0) is 45.7 Å². The van der Waals surface area contributed by atoms with Crippen LogP contribution in [-0.2, 0) is 11.2 Å². The highest BCUT2D eigenvalue weighted by Crippen LogP contribution is 2.13. The van der Waals surface area contributed by atoms with Crippen molar-refractivity contribution in [2.45, 2.75) is 39.2 Å². The number of pyridine rings is 1. The fraction of sp³-hybridized carbons (Fsp3) is 0.500. The predicted octanol–water partition coefficient (Wildman–Crippen LogP) is 2.06. The lowest BCUT2D eigenvalue weighted by Gasteiger charge is -2.19. The molecule has 0 saturated carbocycles. The standard InChI is InChI=1S/C14H20N2O4/c1-14(2,3)20-13(19)15-8-4-5-10-6-7-12(18)11(9-17)16-10/h6-7,9,18H,4-5,8H2,1-3H3,(H,15,19). The molecule has 6 heteroatoms. The van der Waals surface area contributed by atoms with E-state index in [0.29, 0.717) is 31.4 Å². The van der Waals surface area contributed by atoms with Crippen LogP contribution < -0.4 is 5.32 Å². The highest BCUT2D eigenvalue weighted by molar-refractivity contribution is 5.75. The highest BCUT2D eigenvalue weighted by atomic mass is 16.6. The first-order valence-corrected chi connectivity index (χ1v) is 6.43. The van der Waals surface area contributed by atoms with Gasteiger partial charge < -0.3 is 15.2 Å². The Morgan fingerprint density at radius 1 is 1.45 bits per heavy atom. The minimum Gasteiger partial charge on any atom is -0.506 e. The van der Waals surface area contributed by atoms with Crippen LogP contribution in [0.3, 0.4) is 0 Å². The molecular weight excluding hydrogens is 260 g/mol. The first kappa shape index (κ1) is 15.9. The van der Waals surface area contributed by atoms with E-state index in [2.05, 4.69) is 10.3 Å². The summed E-state index contributed by atoms with van der Waals surface area (Å²) in [5, 5.41) is 12.0. The summed E-state index contributed by atoms with van der Waals surface area (Å²) in [7, 11) is 0. The van der Waals surface area contributed by atoms with Crippen LogP contribution in [0, 0.1) is 0 Å². The third kappa shape index (κ3) is 5.69. The molecule has 1 heterocycles. The van der Waals surface area contributed by atoms with Gasteiger partial charge in [0, 0.05) is 12.2 Å². The maximum Gasteiger partial charge on any atom is 0.407 e. The molecule has 0 unspecified atom stereocenters. The second-order valence-electron chi connectivity index (χ2n) is 5.36. The van der Waals surface area contributed by atoms with E-state index < -0.39 is 11.7 Å². The number of nitrogens with zero attached hydrogens (tertiary/aromatic N) is 1. The molecule has 0 saturated heterocycles. The molecule has 0 fully saturated rings. The van der Waals surface area contributed by atoms with Gasteiger partial charge in [-0.15, -0.1) is 0 Å². The Balaban J connectivity index is 2.34. The Kier molecular flexibility index (Phi) is 5.49. The second kappa shape index (κ2) is 6.88. The molecule has 1 aromatic heterocycles. The van der Waals surface area contributed by atoms with Gasteiger partial charge in [-0.25, -0.2) is 9.78 Å². The molecule has 0 spiro atoms. The summed E-state index contributed by atoms with van der Waals surface area (Å²) in [6.45, 7) is 5.85. The average molecular weight is 280 g/mol. The number of ether oxygens (including phenoxy) is 1. The third-order valence-corrected chi connectivity index (χ3v) is 2.35. The minimum atomic E-state index is -0.512. The van der Waals surface area contributed by atoms with Gasteiger partial charge in [0.05, 0.1) is 0 Å². The Morgan fingerprint density at radius 3 is 2.75 bits per heavy atom. The van der Waals surface area contributed by atoms with Crippen LogP contribution in [0.1, 0.15) is 43.4 Å². The molecule has 0 aromatic carbocycles. The Bertz CT molecular complexity index is 481. The molecule has 0 atom stereocenters. The number of amides is 1. The van der Waals surface area contributed by atoms with Crippen molar-refractivity contribution in [3.8, 4) is 5.75 Å². The van der Waals surface area contributed by atoms with Gasteiger partial charge in [0.2, 0.25) is 0 Å². The summed E-state index contributed by atoms with van der Waals surface area (Å²) in [6, 6.07) is 3.09. The van der Waals surface area contributed by atoms with Crippen molar-refractivity contribution in [2.24, 2.45) is 0 Å². The SMILES string of the molecule is CC(C)(C)OC(=O)NCCCc1ccc(O)c(C=O)n1. The summed E-state index contributed by atoms with van der Waals surface area (Å²) >= 11 is 0. The summed E-state index contributed by atoms with van der Waals surface area (Å²) in [4.78, 5) is 26.0. The smallest absolute Gasteiger partial charge is 0.407 e. The van der Waals surface area contributed by atoms with Crippen LogP contribution >= 0.6 is 0 Å². The quantitative estimate of drug-likeness (QED) is 0.636. The predicted molar refractivity (Wildman–Crippen MR) is 73.8 cm³/mol. The number of carbonyl (C=O) groups is 2. The number of rotatable bonds is 5. The van der Waals surface area contributed by atoms with Crippen LogP contribution in [-0.4, -0.2) is 34.6 Å². The molecule has 110 valence electrons. The molecular formula is C14H20N2O4. The summed E-state index contributed by atoms with van der Waals surface area (Å²) in [5.74, 6) is -0.129. The summed E-state index contributed by atoms with van der Waals surface area (Å²) in [5.41, 5.74) is 0.208. The molecule has 1 aromatic rings. The van der Waals surface area contributed by atoms with Crippen LogP contribution in [0.15, 0.2) is 12.1 Å². The van der Waals surface area contributed by atoms with Gasteiger partial charge in [0.1, 0.15) is 17.0 Å². The van der Waals surface area contributed by atoms with E-state index in [1.165, 1.54) is 6.07 Å². The van der Waals surface area contributed by atoms with Crippen LogP contribution in [0.4, 0.5) is 4.79 Å². The zero-order valence-corrected chi connectivity index (χ0v) is 12.0. The van der Waals surface area contributed by atoms with E-state index in [1.807, 2.05) is 0 Å². The topological polar surface area (TPSA) is 88.5 Å². The monoisotopic (exact) mass is 280 g/mol. The Morgan fingerprint density at radius 2 is 2.15 bits per heavy atom. The lowest BCUT2D eigenvalue weighted by atomic mass is 10.2. The normalized spacial score (nSPS) is 10.9. The number of hydrogen-bond donors (Lipinski definition) is 2. The number of alkyl carbamates (subject to hydrolysis) is 1. The molecule has 0 aliphatic carbocycles. The fourth-order valence-corrected chi connectivity index (χ4v) is 1.51. The molecule has 1 rings (SSSR count). The van der Waals surface area contributed by atoms with Crippen molar-refractivity contribution in [3.05, 3.63) is 23.5 Å². The molecule has 0 aliphatic rings. The van der Waals surface area contributed by atoms with Gasteiger partial charge in [-0.2, -0.15) is 0 Å². The van der Waals surface area contributed by atoms with Crippen molar-refractivity contribution in [2.75, 3.05) is 6.54 Å². The molecule has 20 heavy (non-hydrogen) atoms. The molecule has 0 aliphatic heterocycles. The number of aldehydes is 1. The maximum atomic E-state index is 11.4.